The van der Waals surface area contributed by atoms with E-state index in [1.807, 2.05) is 0 Å². The minimum absolute atomic E-state index is 1.10. The number of benzene rings is 11. The highest BCUT2D eigenvalue weighted by atomic mass is 15.1. The van der Waals surface area contributed by atoms with E-state index in [1.54, 1.807) is 0 Å². The third-order valence-corrected chi connectivity index (χ3v) is 12.1. The molecule has 0 aromatic heterocycles. The van der Waals surface area contributed by atoms with Crippen LogP contribution in [-0.4, -0.2) is 0 Å². The fourth-order valence-corrected chi connectivity index (χ4v) is 8.95. The Balaban J connectivity index is 0.946. The van der Waals surface area contributed by atoms with E-state index in [0.717, 1.165) is 17.1 Å². The lowest BCUT2D eigenvalue weighted by atomic mass is 9.91. The molecule has 0 aliphatic heterocycles. The van der Waals surface area contributed by atoms with Crippen LogP contribution in [0.4, 0.5) is 17.1 Å². The zero-order valence-electron chi connectivity index (χ0n) is 33.6. The van der Waals surface area contributed by atoms with E-state index in [-0.39, 0.29) is 0 Å². The summed E-state index contributed by atoms with van der Waals surface area (Å²) in [4.78, 5) is 2.38. The SMILES string of the molecule is c1ccc(-c2ccc(-c3ccc(-c4ccc(N(c5ccc(-c6cccc7ccccc67)cc5)c5ccc6ccc7ccccc7c6c5)cc4)cc3)cc2-c2ccccc2)cc1. The second-order valence-corrected chi connectivity index (χ2v) is 15.7. The largest absolute Gasteiger partial charge is 0.310 e. The van der Waals surface area contributed by atoms with Crippen LogP contribution in [0.2, 0.25) is 0 Å². The first kappa shape index (κ1) is 36.1. The van der Waals surface area contributed by atoms with Gasteiger partial charge in [-0.2, -0.15) is 0 Å². The van der Waals surface area contributed by atoms with Crippen molar-refractivity contribution in [3.05, 3.63) is 249 Å². The first-order valence-electron chi connectivity index (χ1n) is 21.0. The van der Waals surface area contributed by atoms with Crippen molar-refractivity contribution < 1.29 is 0 Å². The van der Waals surface area contributed by atoms with Crippen LogP contribution in [0.1, 0.15) is 0 Å². The van der Waals surface area contributed by atoms with E-state index >= 15 is 0 Å². The standard InChI is InChI=1S/C60H41N/c1-3-12-45(13-4-1)58-39-33-51(40-59(58)47-14-5-2-6-15-47)44-24-22-42(23-25-44)43-28-34-52(35-29-43)61(54-38-32-50-27-26-48-17-8-10-20-57(48)60(50)41-54)53-36-30-49(31-37-53)56-21-11-18-46-16-7-9-19-55(46)56/h1-41H. The number of rotatable bonds is 8. The van der Waals surface area contributed by atoms with Gasteiger partial charge < -0.3 is 4.90 Å². The molecule has 11 aromatic carbocycles. The van der Waals surface area contributed by atoms with Gasteiger partial charge in [-0.25, -0.2) is 0 Å². The molecule has 0 N–H and O–H groups in total. The van der Waals surface area contributed by atoms with Gasteiger partial charge in [0.05, 0.1) is 0 Å². The van der Waals surface area contributed by atoms with E-state index < -0.39 is 0 Å². The smallest absolute Gasteiger partial charge is 0.0468 e. The summed E-state index contributed by atoms with van der Waals surface area (Å²) in [6.07, 6.45) is 0. The van der Waals surface area contributed by atoms with Crippen LogP contribution in [0.3, 0.4) is 0 Å². The van der Waals surface area contributed by atoms with Gasteiger partial charge >= 0.3 is 0 Å². The Morgan fingerprint density at radius 1 is 0.197 bits per heavy atom. The molecule has 0 fully saturated rings. The van der Waals surface area contributed by atoms with Crippen LogP contribution < -0.4 is 4.90 Å². The van der Waals surface area contributed by atoms with Gasteiger partial charge in [0.2, 0.25) is 0 Å². The maximum Gasteiger partial charge on any atom is 0.0468 e. The van der Waals surface area contributed by atoms with Crippen LogP contribution >= 0.6 is 0 Å². The predicted molar refractivity (Wildman–Crippen MR) is 261 cm³/mol. The summed E-state index contributed by atoms with van der Waals surface area (Å²) in [5, 5.41) is 7.49. The van der Waals surface area contributed by atoms with Crippen LogP contribution in [0.5, 0.6) is 0 Å². The topological polar surface area (TPSA) is 3.24 Å². The van der Waals surface area contributed by atoms with E-state index in [9.17, 15) is 0 Å². The summed E-state index contributed by atoms with van der Waals surface area (Å²) in [5.41, 5.74) is 15.4. The molecule has 0 spiro atoms. The van der Waals surface area contributed by atoms with E-state index in [4.69, 9.17) is 0 Å². The highest BCUT2D eigenvalue weighted by Gasteiger charge is 2.16. The quantitative estimate of drug-likeness (QED) is 0.139. The molecule has 1 heteroatoms. The maximum absolute atomic E-state index is 2.38. The summed E-state index contributed by atoms with van der Waals surface area (Å²) < 4.78 is 0. The third-order valence-electron chi connectivity index (χ3n) is 12.1. The van der Waals surface area contributed by atoms with Gasteiger partial charge in [0.1, 0.15) is 0 Å². The lowest BCUT2D eigenvalue weighted by molar-refractivity contribution is 1.29. The summed E-state index contributed by atoms with van der Waals surface area (Å²) in [6.45, 7) is 0. The second-order valence-electron chi connectivity index (χ2n) is 15.7. The highest BCUT2D eigenvalue weighted by molar-refractivity contribution is 6.09. The summed E-state index contributed by atoms with van der Waals surface area (Å²) >= 11 is 0. The van der Waals surface area contributed by atoms with Gasteiger partial charge in [0.25, 0.3) is 0 Å². The summed E-state index contributed by atoms with van der Waals surface area (Å²) in [5.74, 6) is 0. The minimum atomic E-state index is 1.10. The van der Waals surface area contributed by atoms with Gasteiger partial charge in [-0.15, -0.1) is 0 Å². The fraction of sp³-hybridized carbons (Fsp3) is 0. The highest BCUT2D eigenvalue weighted by Crippen LogP contribution is 2.41. The molecule has 0 bridgehead atoms. The third kappa shape index (κ3) is 6.93. The number of nitrogens with zero attached hydrogens (tertiary/aromatic N) is 1. The molecule has 0 saturated heterocycles. The Morgan fingerprint density at radius 2 is 0.623 bits per heavy atom. The van der Waals surface area contributed by atoms with Crippen molar-refractivity contribution in [3.8, 4) is 55.6 Å². The molecule has 0 radical (unpaired) electrons. The van der Waals surface area contributed by atoms with Crippen LogP contribution in [0.15, 0.2) is 249 Å². The van der Waals surface area contributed by atoms with Crippen LogP contribution in [0.25, 0.3) is 88.0 Å². The molecule has 286 valence electrons. The average molecular weight is 776 g/mol. The zero-order chi connectivity index (χ0) is 40.5. The van der Waals surface area contributed by atoms with Crippen molar-refractivity contribution in [2.75, 3.05) is 4.90 Å². The molecular weight excluding hydrogens is 735 g/mol. The molecule has 0 aliphatic rings. The van der Waals surface area contributed by atoms with Crippen molar-refractivity contribution in [2.24, 2.45) is 0 Å². The van der Waals surface area contributed by atoms with E-state index in [2.05, 4.69) is 254 Å². The summed E-state index contributed by atoms with van der Waals surface area (Å²) in [7, 11) is 0. The minimum Gasteiger partial charge on any atom is -0.310 e. The van der Waals surface area contributed by atoms with Crippen molar-refractivity contribution in [3.63, 3.8) is 0 Å². The van der Waals surface area contributed by atoms with Crippen LogP contribution in [0, 0.1) is 0 Å². The van der Waals surface area contributed by atoms with Gasteiger partial charge in [-0.05, 0) is 130 Å². The monoisotopic (exact) mass is 775 g/mol. The Kier molecular flexibility index (Phi) is 9.26. The van der Waals surface area contributed by atoms with Gasteiger partial charge in [0.15, 0.2) is 0 Å². The molecule has 0 heterocycles. The summed E-state index contributed by atoms with van der Waals surface area (Å²) in [6, 6.07) is 90.4. The Bertz CT molecular complexity index is 3310. The predicted octanol–water partition coefficient (Wildman–Crippen LogP) is 17.0. The number of hydrogen-bond acceptors (Lipinski definition) is 1. The van der Waals surface area contributed by atoms with Gasteiger partial charge in [-0.1, -0.05) is 206 Å². The second kappa shape index (κ2) is 15.6. The average Bonchev–Trinajstić information content (AvgIpc) is 3.35. The molecule has 1 nitrogen and oxygen atoms in total. The van der Waals surface area contributed by atoms with Crippen molar-refractivity contribution in [1.82, 2.24) is 0 Å². The molecule has 0 amide bonds. The van der Waals surface area contributed by atoms with Crippen LogP contribution in [-0.2, 0) is 0 Å². The molecule has 0 saturated carbocycles. The molecule has 11 rings (SSSR count). The normalized spacial score (nSPS) is 11.3. The molecule has 61 heavy (non-hydrogen) atoms. The molecular formula is C60H41N. The van der Waals surface area contributed by atoms with Crippen molar-refractivity contribution in [1.29, 1.82) is 0 Å². The first-order valence-corrected chi connectivity index (χ1v) is 21.0. The molecule has 0 unspecified atom stereocenters. The Morgan fingerprint density at radius 3 is 1.28 bits per heavy atom. The molecule has 0 aliphatic carbocycles. The molecule has 0 atom stereocenters. The molecule has 11 aromatic rings. The fourth-order valence-electron chi connectivity index (χ4n) is 8.95. The van der Waals surface area contributed by atoms with Crippen molar-refractivity contribution >= 4 is 49.4 Å². The van der Waals surface area contributed by atoms with E-state index in [1.165, 1.54) is 88.0 Å². The lowest BCUT2D eigenvalue weighted by Crippen LogP contribution is -2.09. The number of hydrogen-bond donors (Lipinski definition) is 0. The zero-order valence-corrected chi connectivity index (χ0v) is 33.6. The van der Waals surface area contributed by atoms with E-state index in [0.29, 0.717) is 0 Å². The Hall–Kier alpha value is -8.00. The number of fused-ring (bicyclic) bond motifs is 4. The number of anilines is 3. The van der Waals surface area contributed by atoms with Gasteiger partial charge in [-0.3, -0.25) is 0 Å². The Labute approximate surface area is 357 Å². The lowest BCUT2D eigenvalue weighted by Gasteiger charge is -2.26. The van der Waals surface area contributed by atoms with Crippen molar-refractivity contribution in [2.45, 2.75) is 0 Å². The maximum atomic E-state index is 2.38. The first-order chi connectivity index (χ1) is 30.2. The van der Waals surface area contributed by atoms with Gasteiger partial charge in [0, 0.05) is 17.1 Å².